The Morgan fingerprint density at radius 1 is 0.721 bits per heavy atom. The predicted octanol–water partition coefficient (Wildman–Crippen LogP) is 7.03. The molecule has 0 aliphatic rings. The van der Waals surface area contributed by atoms with Gasteiger partial charge in [-0.05, 0) is 50.2 Å². The number of benzene rings is 2. The first kappa shape index (κ1) is 35.1. The summed E-state index contributed by atoms with van der Waals surface area (Å²) in [4.78, 5) is 30.4. The zero-order valence-electron chi connectivity index (χ0n) is 23.1. The van der Waals surface area contributed by atoms with Crippen LogP contribution >= 0.6 is 34.8 Å². The van der Waals surface area contributed by atoms with Gasteiger partial charge in [-0.2, -0.15) is 0 Å². The molecule has 4 aromatic rings. The highest BCUT2D eigenvalue weighted by Crippen LogP contribution is 2.27. The van der Waals surface area contributed by atoms with Gasteiger partial charge in [0.2, 0.25) is 0 Å². The van der Waals surface area contributed by atoms with Gasteiger partial charge in [0.15, 0.2) is 23.3 Å². The Labute approximate surface area is 259 Å². The van der Waals surface area contributed by atoms with Gasteiger partial charge in [0.05, 0.1) is 21.8 Å². The molecule has 2 amide bonds. The molecule has 0 saturated carbocycles. The lowest BCUT2D eigenvalue weighted by Crippen LogP contribution is -2.19. The summed E-state index contributed by atoms with van der Waals surface area (Å²) in [5.74, 6) is -4.24. The predicted molar refractivity (Wildman–Crippen MR) is 160 cm³/mol. The van der Waals surface area contributed by atoms with Crippen molar-refractivity contribution >= 4 is 63.7 Å². The number of nitrogen functional groups attached to an aromatic ring is 1. The number of hydrogen-bond acceptors (Lipinski definition) is 6. The van der Waals surface area contributed by atoms with Crippen molar-refractivity contribution in [1.82, 2.24) is 20.6 Å². The van der Waals surface area contributed by atoms with Gasteiger partial charge in [0.25, 0.3) is 11.8 Å². The van der Waals surface area contributed by atoms with Crippen molar-refractivity contribution in [2.75, 3.05) is 25.1 Å². The molecule has 0 spiro atoms. The van der Waals surface area contributed by atoms with Gasteiger partial charge in [0, 0.05) is 49.0 Å². The van der Waals surface area contributed by atoms with E-state index in [1.54, 1.807) is 0 Å². The number of amides is 2. The Kier molecular flexibility index (Phi) is 13.0. The molecule has 0 fully saturated rings. The summed E-state index contributed by atoms with van der Waals surface area (Å²) in [6, 6.07) is 7.61. The molecule has 0 atom stereocenters. The second-order valence-electron chi connectivity index (χ2n) is 8.43. The third-order valence-corrected chi connectivity index (χ3v) is 6.35. The van der Waals surface area contributed by atoms with Gasteiger partial charge in [-0.25, -0.2) is 27.5 Å². The quantitative estimate of drug-likeness (QED) is 0.106. The molecule has 5 N–H and O–H groups in total. The van der Waals surface area contributed by atoms with Crippen molar-refractivity contribution < 1.29 is 27.2 Å². The molecule has 0 unspecified atom stereocenters. The highest BCUT2D eigenvalue weighted by Gasteiger charge is 2.15. The number of carbonyl (C=O) groups is 2. The van der Waals surface area contributed by atoms with Crippen molar-refractivity contribution in [3.8, 4) is 0 Å². The van der Waals surface area contributed by atoms with E-state index < -0.39 is 23.3 Å². The fourth-order valence-electron chi connectivity index (χ4n) is 3.16. The molecule has 0 saturated heterocycles. The van der Waals surface area contributed by atoms with Gasteiger partial charge >= 0.3 is 0 Å². The van der Waals surface area contributed by atoms with Gasteiger partial charge in [-0.1, -0.05) is 34.8 Å². The Morgan fingerprint density at radius 3 is 1.74 bits per heavy atom. The normalized spacial score (nSPS) is 10.0. The summed E-state index contributed by atoms with van der Waals surface area (Å²) >= 11 is 17.1. The minimum absolute atomic E-state index is 0.103. The van der Waals surface area contributed by atoms with E-state index in [1.165, 1.54) is 64.6 Å². The van der Waals surface area contributed by atoms with Crippen LogP contribution in [0.25, 0.3) is 0 Å². The van der Waals surface area contributed by atoms with E-state index in [0.29, 0.717) is 22.0 Å². The van der Waals surface area contributed by atoms with Gasteiger partial charge in [-0.3, -0.25) is 9.59 Å². The fraction of sp³-hybridized carbons (Fsp3) is 0.143. The van der Waals surface area contributed by atoms with Crippen LogP contribution in [0.5, 0.6) is 0 Å². The Morgan fingerprint density at radius 2 is 1.21 bits per heavy atom. The van der Waals surface area contributed by atoms with E-state index in [-0.39, 0.29) is 44.5 Å². The monoisotopic (exact) mass is 658 g/mol. The molecule has 4 rings (SSSR count). The van der Waals surface area contributed by atoms with Crippen LogP contribution in [0, 0.1) is 37.1 Å². The zero-order valence-corrected chi connectivity index (χ0v) is 25.3. The second kappa shape index (κ2) is 15.9. The molecule has 0 aliphatic heterocycles. The number of nitrogens with one attached hydrogen (secondary N) is 3. The number of halogens is 7. The third kappa shape index (κ3) is 9.43. The Balaban J connectivity index is 0.000000248. The molecule has 0 aliphatic carbocycles. The first-order chi connectivity index (χ1) is 20.2. The van der Waals surface area contributed by atoms with Crippen molar-refractivity contribution in [2.45, 2.75) is 13.8 Å². The molecular formula is C28H25Cl3F4N6O2. The van der Waals surface area contributed by atoms with Crippen LogP contribution in [-0.2, 0) is 0 Å². The smallest absolute Gasteiger partial charge is 0.254 e. The van der Waals surface area contributed by atoms with E-state index >= 15 is 0 Å². The first-order valence-corrected chi connectivity index (χ1v) is 13.2. The minimum atomic E-state index is -0.943. The average molecular weight is 660 g/mol. The van der Waals surface area contributed by atoms with Gasteiger partial charge < -0.3 is 21.7 Å². The molecule has 0 radical (unpaired) electrons. The summed E-state index contributed by atoms with van der Waals surface area (Å²) < 4.78 is 51.6. The standard InChI is InChI=1S/C14H12ClF2N3O.C7H6Cl2N2O.C7H7F2N/c1-7-10(4-3-9(16)13(7)17)20-11-5-12(15)19-6-8(11)14(21)18-2;1-10-7(12)4-3-11-6(9)2-5(4)8;1-4-6(10)3-2-5(8)7(4)9/h3-6H,1-2H3,(H,18,21)(H,19,20);2-3H,1H3,(H,10,12);2-3H,10H2,1H3. The molecule has 43 heavy (non-hydrogen) atoms. The van der Waals surface area contributed by atoms with E-state index in [0.717, 1.165) is 12.1 Å². The molecular weight excluding hydrogens is 635 g/mol. The number of carbonyl (C=O) groups excluding carboxylic acids is 2. The van der Waals surface area contributed by atoms with Crippen molar-refractivity contribution in [3.63, 3.8) is 0 Å². The third-order valence-electron chi connectivity index (χ3n) is 5.62. The molecule has 15 heteroatoms. The van der Waals surface area contributed by atoms with Crippen LogP contribution in [0.15, 0.2) is 48.8 Å². The number of anilines is 3. The molecule has 2 heterocycles. The van der Waals surface area contributed by atoms with Crippen molar-refractivity contribution in [3.05, 3.63) is 110 Å². The second-order valence-corrected chi connectivity index (χ2v) is 9.61. The minimum Gasteiger partial charge on any atom is -0.398 e. The number of aromatic nitrogens is 2. The lowest BCUT2D eigenvalue weighted by atomic mass is 10.1. The van der Waals surface area contributed by atoms with Crippen LogP contribution in [0.1, 0.15) is 31.8 Å². The lowest BCUT2D eigenvalue weighted by Gasteiger charge is -2.13. The molecule has 2 aromatic heterocycles. The highest BCUT2D eigenvalue weighted by molar-refractivity contribution is 6.36. The molecule has 8 nitrogen and oxygen atoms in total. The number of rotatable bonds is 4. The number of nitrogens with two attached hydrogens (primary N) is 1. The lowest BCUT2D eigenvalue weighted by molar-refractivity contribution is 0.0955. The van der Waals surface area contributed by atoms with Gasteiger partial charge in [-0.15, -0.1) is 0 Å². The molecule has 0 bridgehead atoms. The van der Waals surface area contributed by atoms with E-state index in [1.807, 2.05) is 0 Å². The van der Waals surface area contributed by atoms with Crippen LogP contribution in [0.3, 0.4) is 0 Å². The van der Waals surface area contributed by atoms with Crippen LogP contribution in [-0.4, -0.2) is 35.9 Å². The SMILES string of the molecule is CNC(=O)c1cnc(Cl)cc1Cl.CNC(=O)c1cnc(Cl)cc1Nc1ccc(F)c(F)c1C.Cc1c(N)ccc(F)c1F. The van der Waals surface area contributed by atoms with E-state index in [9.17, 15) is 27.2 Å². The topological polar surface area (TPSA) is 122 Å². The Bertz CT molecular complexity index is 1620. The summed E-state index contributed by atoms with van der Waals surface area (Å²) in [6.07, 6.45) is 2.64. The maximum absolute atomic E-state index is 13.6. The van der Waals surface area contributed by atoms with E-state index in [4.69, 9.17) is 40.5 Å². The fourth-order valence-corrected chi connectivity index (χ4v) is 3.77. The number of hydrogen-bond donors (Lipinski definition) is 4. The average Bonchev–Trinajstić information content (AvgIpc) is 2.98. The van der Waals surface area contributed by atoms with Gasteiger partial charge in [0.1, 0.15) is 10.3 Å². The van der Waals surface area contributed by atoms with Crippen molar-refractivity contribution in [1.29, 1.82) is 0 Å². The Hall–Kier alpha value is -4.13. The molecule has 2 aromatic carbocycles. The zero-order chi connectivity index (χ0) is 32.4. The van der Waals surface area contributed by atoms with E-state index in [2.05, 4.69) is 25.9 Å². The largest absolute Gasteiger partial charge is 0.398 e. The summed E-state index contributed by atoms with van der Waals surface area (Å²) in [7, 11) is 3.00. The maximum Gasteiger partial charge on any atom is 0.254 e. The molecule has 228 valence electrons. The number of pyridine rings is 2. The van der Waals surface area contributed by atoms with Crippen LogP contribution in [0.4, 0.5) is 34.6 Å². The van der Waals surface area contributed by atoms with Crippen molar-refractivity contribution in [2.24, 2.45) is 0 Å². The maximum atomic E-state index is 13.6. The summed E-state index contributed by atoms with van der Waals surface area (Å²) in [5.41, 5.74) is 7.08. The van der Waals surface area contributed by atoms with Crippen LogP contribution in [0.2, 0.25) is 15.3 Å². The van der Waals surface area contributed by atoms with Crippen LogP contribution < -0.4 is 21.7 Å². The summed E-state index contributed by atoms with van der Waals surface area (Å²) in [6.45, 7) is 2.87. The summed E-state index contributed by atoms with van der Waals surface area (Å²) in [5, 5.41) is 8.52. The number of nitrogens with zero attached hydrogens (tertiary/aromatic N) is 2. The first-order valence-electron chi connectivity index (χ1n) is 12.0. The highest BCUT2D eigenvalue weighted by atomic mass is 35.5.